The van der Waals surface area contributed by atoms with Gasteiger partial charge in [0.25, 0.3) is 0 Å². The van der Waals surface area contributed by atoms with Crippen LogP contribution in [0.15, 0.2) is 24.3 Å². The van der Waals surface area contributed by atoms with Gasteiger partial charge in [-0.15, -0.1) is 0 Å². The van der Waals surface area contributed by atoms with E-state index in [1.807, 2.05) is 6.92 Å². The van der Waals surface area contributed by atoms with Crippen molar-refractivity contribution in [3.8, 4) is 0 Å². The Labute approximate surface area is 92.1 Å². The van der Waals surface area contributed by atoms with Crippen molar-refractivity contribution >= 4 is 5.69 Å². The van der Waals surface area contributed by atoms with Crippen molar-refractivity contribution in [1.82, 2.24) is 0 Å². The van der Waals surface area contributed by atoms with Crippen LogP contribution in [0.4, 0.5) is 5.69 Å². The van der Waals surface area contributed by atoms with Crippen molar-refractivity contribution in [3.63, 3.8) is 0 Å². The van der Waals surface area contributed by atoms with E-state index in [0.717, 1.165) is 0 Å². The summed E-state index contributed by atoms with van der Waals surface area (Å²) in [5.41, 5.74) is 8.38. The predicted molar refractivity (Wildman–Crippen MR) is 65.1 cm³/mol. The van der Waals surface area contributed by atoms with Crippen molar-refractivity contribution < 1.29 is 0 Å². The van der Waals surface area contributed by atoms with Crippen LogP contribution in [-0.2, 0) is 0 Å². The third-order valence-corrected chi connectivity index (χ3v) is 3.30. The van der Waals surface area contributed by atoms with Crippen molar-refractivity contribution in [2.24, 2.45) is 5.73 Å². The molecule has 1 heterocycles. The van der Waals surface area contributed by atoms with Gasteiger partial charge in [-0.1, -0.05) is 12.1 Å². The van der Waals surface area contributed by atoms with E-state index in [4.69, 9.17) is 5.73 Å². The topological polar surface area (TPSA) is 29.3 Å². The summed E-state index contributed by atoms with van der Waals surface area (Å²) in [4.78, 5) is 2.48. The largest absolute Gasteiger partial charge is 0.369 e. The molecule has 1 aromatic carbocycles. The molecule has 2 atom stereocenters. The smallest absolute Gasteiger partial charge is 0.0368 e. The lowest BCUT2D eigenvalue weighted by atomic mass is 10.1. The van der Waals surface area contributed by atoms with Crippen molar-refractivity contribution in [2.75, 3.05) is 11.4 Å². The van der Waals surface area contributed by atoms with Crippen LogP contribution in [0.3, 0.4) is 0 Å². The van der Waals surface area contributed by atoms with Crippen LogP contribution in [-0.4, -0.2) is 12.6 Å². The second-order valence-electron chi connectivity index (χ2n) is 4.56. The standard InChI is InChI=1S/C13H20N2/c1-10-4-3-9-15(10)13-7-5-12(6-8-13)11(2)14/h5-8,10-11H,3-4,9,14H2,1-2H3/t10?,11-/m1/s1. The molecule has 1 fully saturated rings. The van der Waals surface area contributed by atoms with Gasteiger partial charge in [0.1, 0.15) is 0 Å². The Balaban J connectivity index is 2.16. The molecule has 15 heavy (non-hydrogen) atoms. The maximum atomic E-state index is 5.83. The summed E-state index contributed by atoms with van der Waals surface area (Å²) in [7, 11) is 0. The van der Waals surface area contributed by atoms with Crippen LogP contribution >= 0.6 is 0 Å². The van der Waals surface area contributed by atoms with E-state index in [2.05, 4.69) is 36.1 Å². The minimum Gasteiger partial charge on any atom is -0.369 e. The minimum atomic E-state index is 0.134. The molecule has 2 heteroatoms. The first-order chi connectivity index (χ1) is 7.18. The molecule has 1 aliphatic heterocycles. The summed E-state index contributed by atoms with van der Waals surface area (Å²) >= 11 is 0. The predicted octanol–water partition coefficient (Wildman–Crippen LogP) is 2.70. The normalized spacial score (nSPS) is 23.1. The summed E-state index contributed by atoms with van der Waals surface area (Å²) in [6.45, 7) is 5.51. The SMILES string of the molecule is CC1CCCN1c1ccc([C@@H](C)N)cc1. The Morgan fingerprint density at radius 2 is 2.00 bits per heavy atom. The number of benzene rings is 1. The molecule has 0 bridgehead atoms. The molecule has 82 valence electrons. The van der Waals surface area contributed by atoms with Crippen LogP contribution in [0.1, 0.15) is 38.3 Å². The summed E-state index contributed by atoms with van der Waals surface area (Å²) in [6.07, 6.45) is 2.63. The molecule has 0 aromatic heterocycles. The van der Waals surface area contributed by atoms with Crippen LogP contribution in [0, 0.1) is 0 Å². The van der Waals surface area contributed by atoms with Gasteiger partial charge in [0.15, 0.2) is 0 Å². The first-order valence-electron chi connectivity index (χ1n) is 5.80. The van der Waals surface area contributed by atoms with Crippen LogP contribution in [0.25, 0.3) is 0 Å². The highest BCUT2D eigenvalue weighted by molar-refractivity contribution is 5.49. The maximum absolute atomic E-state index is 5.83. The monoisotopic (exact) mass is 204 g/mol. The van der Waals surface area contributed by atoms with E-state index in [1.54, 1.807) is 0 Å². The van der Waals surface area contributed by atoms with E-state index >= 15 is 0 Å². The number of rotatable bonds is 2. The lowest BCUT2D eigenvalue weighted by Gasteiger charge is -2.24. The molecule has 1 aliphatic rings. The highest BCUT2D eigenvalue weighted by Gasteiger charge is 2.20. The third kappa shape index (κ3) is 2.15. The van der Waals surface area contributed by atoms with Gasteiger partial charge >= 0.3 is 0 Å². The zero-order valence-electron chi connectivity index (χ0n) is 9.61. The van der Waals surface area contributed by atoms with Gasteiger partial charge in [-0.25, -0.2) is 0 Å². The van der Waals surface area contributed by atoms with E-state index in [1.165, 1.54) is 30.6 Å². The molecule has 0 spiro atoms. The highest BCUT2D eigenvalue weighted by Crippen LogP contribution is 2.26. The Morgan fingerprint density at radius 1 is 1.33 bits per heavy atom. The fourth-order valence-corrected chi connectivity index (χ4v) is 2.29. The van der Waals surface area contributed by atoms with Crippen molar-refractivity contribution in [1.29, 1.82) is 0 Å². The number of nitrogens with two attached hydrogens (primary N) is 1. The minimum absolute atomic E-state index is 0.134. The average Bonchev–Trinajstić information content (AvgIpc) is 2.65. The van der Waals surface area contributed by atoms with Gasteiger partial charge in [0, 0.05) is 24.3 Å². The average molecular weight is 204 g/mol. The Hall–Kier alpha value is -1.02. The molecule has 0 amide bonds. The Morgan fingerprint density at radius 3 is 2.47 bits per heavy atom. The molecule has 2 rings (SSSR count). The van der Waals surface area contributed by atoms with Crippen LogP contribution < -0.4 is 10.6 Å². The molecule has 0 aliphatic carbocycles. The summed E-state index contributed by atoms with van der Waals surface area (Å²) in [6, 6.07) is 9.50. The fourth-order valence-electron chi connectivity index (χ4n) is 2.29. The van der Waals surface area contributed by atoms with E-state index in [0.29, 0.717) is 6.04 Å². The number of nitrogens with zero attached hydrogens (tertiary/aromatic N) is 1. The van der Waals surface area contributed by atoms with Crippen LogP contribution in [0.2, 0.25) is 0 Å². The summed E-state index contributed by atoms with van der Waals surface area (Å²) in [5, 5.41) is 0. The Kier molecular flexibility index (Phi) is 2.96. The molecule has 0 saturated carbocycles. The van der Waals surface area contributed by atoms with Crippen LogP contribution in [0.5, 0.6) is 0 Å². The molecule has 1 unspecified atom stereocenters. The first kappa shape index (κ1) is 10.5. The molecule has 2 nitrogen and oxygen atoms in total. The first-order valence-corrected chi connectivity index (χ1v) is 5.80. The Bertz CT molecular complexity index is 316. The second kappa shape index (κ2) is 4.23. The van der Waals surface area contributed by atoms with Gasteiger partial charge in [0.2, 0.25) is 0 Å². The van der Waals surface area contributed by atoms with Crippen molar-refractivity contribution in [3.05, 3.63) is 29.8 Å². The molecular weight excluding hydrogens is 184 g/mol. The van der Waals surface area contributed by atoms with E-state index in [-0.39, 0.29) is 6.04 Å². The van der Waals surface area contributed by atoms with Gasteiger partial charge in [0.05, 0.1) is 0 Å². The second-order valence-corrected chi connectivity index (χ2v) is 4.56. The molecular formula is C13H20N2. The van der Waals surface area contributed by atoms with E-state index in [9.17, 15) is 0 Å². The van der Waals surface area contributed by atoms with E-state index < -0.39 is 0 Å². The summed E-state index contributed by atoms with van der Waals surface area (Å²) < 4.78 is 0. The van der Waals surface area contributed by atoms with Gasteiger partial charge in [-0.05, 0) is 44.4 Å². The fraction of sp³-hybridized carbons (Fsp3) is 0.538. The summed E-state index contributed by atoms with van der Waals surface area (Å²) in [5.74, 6) is 0. The zero-order valence-corrected chi connectivity index (χ0v) is 9.61. The quantitative estimate of drug-likeness (QED) is 0.802. The molecule has 1 aromatic rings. The van der Waals surface area contributed by atoms with Gasteiger partial charge < -0.3 is 10.6 Å². The highest BCUT2D eigenvalue weighted by atomic mass is 15.2. The third-order valence-electron chi connectivity index (χ3n) is 3.30. The van der Waals surface area contributed by atoms with Gasteiger partial charge in [-0.3, -0.25) is 0 Å². The number of anilines is 1. The maximum Gasteiger partial charge on any atom is 0.0368 e. The number of hydrogen-bond acceptors (Lipinski definition) is 2. The lowest BCUT2D eigenvalue weighted by Crippen LogP contribution is -2.26. The number of hydrogen-bond donors (Lipinski definition) is 1. The molecule has 1 saturated heterocycles. The van der Waals surface area contributed by atoms with Crippen molar-refractivity contribution in [2.45, 2.75) is 38.8 Å². The molecule has 2 N–H and O–H groups in total. The lowest BCUT2D eigenvalue weighted by molar-refractivity contribution is 0.734. The zero-order chi connectivity index (χ0) is 10.8. The molecule has 0 radical (unpaired) electrons. The van der Waals surface area contributed by atoms with Gasteiger partial charge in [-0.2, -0.15) is 0 Å².